The molecule has 3 aliphatic rings. The van der Waals surface area contributed by atoms with Gasteiger partial charge in [-0.25, -0.2) is 19.6 Å². The standard InChI is InChI=1S/C36H41N7O5S/c1-36(2,3)48-35(46)42-17-5-6-28(42)31-37-18-26(39-31)23-11-7-21(8-12-23)22-9-13-24(14-10-22)27-19-38-32(40-27)29-20-49-30-16-15-25(33(44)43(29)30)41-34(45)47-4/h7-14,18-19,25,28-30H,5-6,15-17,20H2,1-4H3,(H,37,39)(H,38,40)(H,41,45)/t25-,28-,29-,30-/m0/s1. The quantitative estimate of drug-likeness (QED) is 0.204. The fraction of sp³-hybridized carbons (Fsp3) is 0.417. The summed E-state index contributed by atoms with van der Waals surface area (Å²) >= 11 is 1.75. The first-order valence-corrected chi connectivity index (χ1v) is 17.7. The van der Waals surface area contributed by atoms with Gasteiger partial charge in [-0.3, -0.25) is 9.69 Å². The molecule has 5 heterocycles. The summed E-state index contributed by atoms with van der Waals surface area (Å²) in [7, 11) is 1.30. The van der Waals surface area contributed by atoms with Gasteiger partial charge in [0.05, 0.1) is 48.3 Å². The van der Waals surface area contributed by atoms with E-state index in [0.29, 0.717) is 13.0 Å². The summed E-state index contributed by atoms with van der Waals surface area (Å²) in [6.45, 7) is 6.29. The van der Waals surface area contributed by atoms with Crippen molar-refractivity contribution < 1.29 is 23.9 Å². The van der Waals surface area contributed by atoms with Crippen molar-refractivity contribution in [2.45, 2.75) is 75.6 Å². The number of carbonyl (C=O) groups is 3. The molecule has 49 heavy (non-hydrogen) atoms. The number of hydrogen-bond acceptors (Lipinski definition) is 8. The zero-order valence-electron chi connectivity index (χ0n) is 28.1. The number of alkyl carbamates (subject to hydrolysis) is 1. The van der Waals surface area contributed by atoms with Gasteiger partial charge < -0.3 is 29.7 Å². The van der Waals surface area contributed by atoms with E-state index in [9.17, 15) is 14.4 Å². The third kappa shape index (κ3) is 6.76. The fourth-order valence-corrected chi connectivity index (χ4v) is 8.26. The molecule has 0 spiro atoms. The Labute approximate surface area is 289 Å². The first kappa shape index (κ1) is 32.8. The number of carbonyl (C=O) groups excluding carboxylic acids is 3. The molecule has 0 unspecified atom stereocenters. The highest BCUT2D eigenvalue weighted by atomic mass is 32.2. The Morgan fingerprint density at radius 1 is 0.857 bits per heavy atom. The van der Waals surface area contributed by atoms with Crippen LogP contribution in [-0.2, 0) is 14.3 Å². The maximum atomic E-state index is 13.3. The maximum absolute atomic E-state index is 13.3. The van der Waals surface area contributed by atoms with E-state index in [2.05, 4.69) is 73.8 Å². The van der Waals surface area contributed by atoms with Crippen LogP contribution in [0.5, 0.6) is 0 Å². The molecule has 0 radical (unpaired) electrons. The number of piperidine rings is 1. The van der Waals surface area contributed by atoms with Crippen LogP contribution < -0.4 is 5.32 Å². The van der Waals surface area contributed by atoms with Crippen molar-refractivity contribution in [3.8, 4) is 33.6 Å². The maximum Gasteiger partial charge on any atom is 0.410 e. The van der Waals surface area contributed by atoms with Crippen molar-refractivity contribution in [3.63, 3.8) is 0 Å². The number of fused-ring (bicyclic) bond motifs is 1. The molecular weight excluding hydrogens is 643 g/mol. The van der Waals surface area contributed by atoms with Crippen molar-refractivity contribution in [3.05, 3.63) is 72.6 Å². The van der Waals surface area contributed by atoms with Crippen molar-refractivity contribution >= 4 is 29.9 Å². The van der Waals surface area contributed by atoms with Gasteiger partial charge in [0.1, 0.15) is 23.3 Å². The number of methoxy groups -OCH3 is 1. The Bertz CT molecular complexity index is 1830. The summed E-state index contributed by atoms with van der Waals surface area (Å²) in [5.74, 6) is 2.16. The summed E-state index contributed by atoms with van der Waals surface area (Å²) in [4.78, 5) is 57.7. The van der Waals surface area contributed by atoms with Crippen LogP contribution >= 0.6 is 11.8 Å². The number of nitrogens with zero attached hydrogens (tertiary/aromatic N) is 4. The van der Waals surface area contributed by atoms with Crippen LogP contribution in [0.1, 0.15) is 70.2 Å². The van der Waals surface area contributed by atoms with Gasteiger partial charge in [0.2, 0.25) is 5.91 Å². The zero-order chi connectivity index (χ0) is 34.3. The summed E-state index contributed by atoms with van der Waals surface area (Å²) in [5, 5.41) is 2.75. The molecular formula is C36H41N7O5S. The van der Waals surface area contributed by atoms with E-state index in [1.54, 1.807) is 16.7 Å². The van der Waals surface area contributed by atoms with Crippen molar-refractivity contribution in [1.82, 2.24) is 35.1 Å². The molecule has 3 saturated heterocycles. The number of ether oxygens (including phenoxy) is 2. The van der Waals surface area contributed by atoms with Gasteiger partial charge in [-0.05, 0) is 68.7 Å². The second-order valence-corrected chi connectivity index (χ2v) is 14.9. The number of imidazole rings is 2. The largest absolute Gasteiger partial charge is 0.453 e. The van der Waals surface area contributed by atoms with Crippen LogP contribution in [0, 0.1) is 0 Å². The predicted octanol–water partition coefficient (Wildman–Crippen LogP) is 6.67. The number of H-pyrrole nitrogens is 2. The molecule has 3 amide bonds. The number of thioether (sulfide) groups is 1. The highest BCUT2D eigenvalue weighted by Crippen LogP contribution is 2.43. The van der Waals surface area contributed by atoms with E-state index in [-0.39, 0.29) is 29.5 Å². The van der Waals surface area contributed by atoms with E-state index in [1.165, 1.54) is 7.11 Å². The Hall–Kier alpha value is -4.78. The summed E-state index contributed by atoms with van der Waals surface area (Å²) in [6.07, 6.45) is 5.88. The van der Waals surface area contributed by atoms with Crippen molar-refractivity contribution in [2.75, 3.05) is 19.4 Å². The molecule has 2 aromatic carbocycles. The minimum atomic E-state index is -0.597. The SMILES string of the molecule is COC(=O)N[C@H]1CC[C@@H]2SC[C@@H](c3ncc(-c4ccc(-c5ccc(-c6cnc([C@@H]7CCCN7C(=O)OC(C)(C)C)[nH]6)cc5)cc4)[nH]3)N2C1=O. The van der Waals surface area contributed by atoms with Crippen LogP contribution in [0.2, 0.25) is 0 Å². The smallest absolute Gasteiger partial charge is 0.410 e. The molecule has 4 aromatic rings. The van der Waals surface area contributed by atoms with Gasteiger partial charge in [0, 0.05) is 12.3 Å². The average Bonchev–Trinajstić information content (AvgIpc) is 3.91. The van der Waals surface area contributed by atoms with Crippen molar-refractivity contribution in [1.29, 1.82) is 0 Å². The molecule has 256 valence electrons. The first-order valence-electron chi connectivity index (χ1n) is 16.7. The van der Waals surface area contributed by atoms with Crippen LogP contribution in [0.3, 0.4) is 0 Å². The summed E-state index contributed by atoms with van der Waals surface area (Å²) in [6, 6.07) is 15.7. The van der Waals surface area contributed by atoms with Crippen molar-refractivity contribution in [2.24, 2.45) is 0 Å². The number of nitrogens with one attached hydrogen (secondary N) is 3. The normalized spacial score (nSPS) is 22.2. The molecule has 13 heteroatoms. The predicted molar refractivity (Wildman–Crippen MR) is 186 cm³/mol. The number of benzene rings is 2. The number of aromatic nitrogens is 4. The second-order valence-electron chi connectivity index (χ2n) is 13.7. The zero-order valence-corrected chi connectivity index (χ0v) is 28.9. The molecule has 0 saturated carbocycles. The Balaban J connectivity index is 1.01. The fourth-order valence-electron chi connectivity index (χ4n) is 6.82. The first-order chi connectivity index (χ1) is 23.6. The lowest BCUT2D eigenvalue weighted by molar-refractivity contribution is -0.138. The van der Waals surface area contributed by atoms with Crippen LogP contribution in [0.25, 0.3) is 33.6 Å². The minimum absolute atomic E-state index is 0.0737. The number of hydrogen-bond donors (Lipinski definition) is 3. The van der Waals surface area contributed by atoms with E-state index in [4.69, 9.17) is 9.47 Å². The number of rotatable bonds is 6. The molecule has 0 bridgehead atoms. The van der Waals surface area contributed by atoms with E-state index in [0.717, 1.165) is 70.3 Å². The molecule has 4 atom stereocenters. The molecule has 3 fully saturated rings. The van der Waals surface area contributed by atoms with Gasteiger partial charge in [-0.2, -0.15) is 0 Å². The lowest BCUT2D eigenvalue weighted by Crippen LogP contribution is -2.54. The Kier molecular flexibility index (Phi) is 8.86. The number of aromatic amines is 2. The Morgan fingerprint density at radius 3 is 2.00 bits per heavy atom. The van der Waals surface area contributed by atoms with Crippen LogP contribution in [0.15, 0.2) is 60.9 Å². The van der Waals surface area contributed by atoms with Gasteiger partial charge >= 0.3 is 12.2 Å². The van der Waals surface area contributed by atoms with Gasteiger partial charge in [-0.1, -0.05) is 48.5 Å². The summed E-state index contributed by atoms with van der Waals surface area (Å²) < 4.78 is 10.3. The average molecular weight is 684 g/mol. The Morgan fingerprint density at radius 2 is 1.43 bits per heavy atom. The molecule has 12 nitrogen and oxygen atoms in total. The lowest BCUT2D eigenvalue weighted by atomic mass is 10.0. The van der Waals surface area contributed by atoms with E-state index in [1.807, 2.05) is 38.1 Å². The molecule has 3 aliphatic heterocycles. The van der Waals surface area contributed by atoms with Gasteiger partial charge in [0.15, 0.2) is 0 Å². The highest BCUT2D eigenvalue weighted by Gasteiger charge is 2.46. The topological polar surface area (TPSA) is 146 Å². The number of likely N-dealkylation sites (tertiary alicyclic amines) is 1. The van der Waals surface area contributed by atoms with Gasteiger partial charge in [0.25, 0.3) is 0 Å². The van der Waals surface area contributed by atoms with Crippen LogP contribution in [0.4, 0.5) is 9.59 Å². The van der Waals surface area contributed by atoms with E-state index < -0.39 is 17.7 Å². The lowest BCUT2D eigenvalue weighted by Gasteiger charge is -2.36. The van der Waals surface area contributed by atoms with E-state index >= 15 is 0 Å². The molecule has 3 N–H and O–H groups in total. The third-order valence-corrected chi connectivity index (χ3v) is 10.6. The van der Waals surface area contributed by atoms with Gasteiger partial charge in [-0.15, -0.1) is 11.8 Å². The number of amides is 3. The third-order valence-electron chi connectivity index (χ3n) is 9.25. The minimum Gasteiger partial charge on any atom is -0.453 e. The highest BCUT2D eigenvalue weighted by molar-refractivity contribution is 8.00. The van der Waals surface area contributed by atoms with Crippen LogP contribution in [-0.4, -0.2) is 84.3 Å². The molecule has 0 aliphatic carbocycles. The second kappa shape index (κ2) is 13.3. The molecule has 7 rings (SSSR count). The summed E-state index contributed by atoms with van der Waals surface area (Å²) in [5.41, 5.74) is 5.40. The molecule has 2 aromatic heterocycles. The monoisotopic (exact) mass is 683 g/mol.